The van der Waals surface area contributed by atoms with Crippen molar-refractivity contribution in [2.45, 2.75) is 12.5 Å². The molecule has 2 rings (SSSR count). The van der Waals surface area contributed by atoms with E-state index in [9.17, 15) is 23.5 Å². The maximum atomic E-state index is 13.8. The summed E-state index contributed by atoms with van der Waals surface area (Å²) in [6.45, 7) is 2.83. The third-order valence-corrected chi connectivity index (χ3v) is 3.63. The molecule has 2 amide bonds. The minimum absolute atomic E-state index is 0.00438. The molecular weight excluding hydrogens is 342 g/mol. The molecule has 5 nitrogen and oxygen atoms in total. The smallest absolute Gasteiger partial charge is 0.247 e. The summed E-state index contributed by atoms with van der Waals surface area (Å²) >= 11 is 0. The number of aliphatic hydroxyl groups is 1. The second-order valence-corrected chi connectivity index (χ2v) is 5.54. The van der Waals surface area contributed by atoms with E-state index < -0.39 is 30.2 Å². The Hall–Kier alpha value is -3.06. The number of aliphatic hydroxyl groups excluding tert-OH is 1. The first-order chi connectivity index (χ1) is 12.4. The van der Waals surface area contributed by atoms with Crippen LogP contribution in [0.5, 0.6) is 0 Å². The number of nitrogens with one attached hydrogen (secondary N) is 2. The van der Waals surface area contributed by atoms with Crippen molar-refractivity contribution in [3.63, 3.8) is 0 Å². The number of carbonyl (C=O) groups is 2. The van der Waals surface area contributed by atoms with Gasteiger partial charge in [-0.25, -0.2) is 8.78 Å². The van der Waals surface area contributed by atoms with Crippen molar-refractivity contribution in [3.05, 3.63) is 77.9 Å². The van der Waals surface area contributed by atoms with Crippen LogP contribution in [0.15, 0.2) is 55.1 Å². The number of hydrogen-bond acceptors (Lipinski definition) is 3. The van der Waals surface area contributed by atoms with Crippen LogP contribution in [-0.4, -0.2) is 23.5 Å². The molecule has 0 aliphatic heterocycles. The van der Waals surface area contributed by atoms with E-state index in [2.05, 4.69) is 17.2 Å². The summed E-state index contributed by atoms with van der Waals surface area (Å²) in [4.78, 5) is 23.4. The largest absolute Gasteiger partial charge is 0.394 e. The van der Waals surface area contributed by atoms with Gasteiger partial charge in [-0.05, 0) is 29.8 Å². The lowest BCUT2D eigenvalue weighted by Gasteiger charge is -2.17. The van der Waals surface area contributed by atoms with Gasteiger partial charge < -0.3 is 15.7 Å². The molecule has 0 heterocycles. The van der Waals surface area contributed by atoms with Gasteiger partial charge >= 0.3 is 0 Å². The molecule has 1 unspecified atom stereocenters. The minimum atomic E-state index is -0.978. The molecule has 0 bridgehead atoms. The van der Waals surface area contributed by atoms with Gasteiger partial charge in [0.15, 0.2) is 0 Å². The molecule has 0 saturated heterocycles. The summed E-state index contributed by atoms with van der Waals surface area (Å²) in [5.74, 6) is -2.36. The molecule has 136 valence electrons. The van der Waals surface area contributed by atoms with Crippen molar-refractivity contribution in [1.82, 2.24) is 5.32 Å². The molecule has 0 aromatic heterocycles. The Morgan fingerprint density at radius 3 is 2.42 bits per heavy atom. The maximum absolute atomic E-state index is 13.8. The fourth-order valence-corrected chi connectivity index (χ4v) is 2.34. The van der Waals surface area contributed by atoms with Crippen LogP contribution in [-0.2, 0) is 16.0 Å². The Labute approximate surface area is 149 Å². The van der Waals surface area contributed by atoms with Crippen molar-refractivity contribution in [1.29, 1.82) is 0 Å². The molecular formula is C19H18F2N2O3. The first kappa shape index (κ1) is 19.3. The number of anilines is 1. The molecule has 26 heavy (non-hydrogen) atoms. The molecule has 3 N–H and O–H groups in total. The molecule has 0 saturated carbocycles. The highest BCUT2D eigenvalue weighted by atomic mass is 19.1. The molecule has 1 atom stereocenters. The third kappa shape index (κ3) is 5.22. The first-order valence-corrected chi connectivity index (χ1v) is 7.80. The molecule has 0 aliphatic rings. The summed E-state index contributed by atoms with van der Waals surface area (Å²) in [7, 11) is 0. The number of hydrogen-bond donors (Lipinski definition) is 3. The lowest BCUT2D eigenvalue weighted by Crippen LogP contribution is -2.32. The van der Waals surface area contributed by atoms with Crippen LogP contribution in [0.25, 0.3) is 0 Å². The van der Waals surface area contributed by atoms with Crippen LogP contribution < -0.4 is 10.6 Å². The summed E-state index contributed by atoms with van der Waals surface area (Å²) in [6, 6.07) is 8.54. The predicted octanol–water partition coefficient (Wildman–Crippen LogP) is 2.48. The molecule has 0 fully saturated rings. The van der Waals surface area contributed by atoms with Crippen LogP contribution in [0.4, 0.5) is 14.5 Å². The maximum Gasteiger partial charge on any atom is 0.247 e. The highest BCUT2D eigenvalue weighted by Gasteiger charge is 2.18. The SMILES string of the molecule is C=CC(=O)Nc1ccc(CC(=O)NC(CO)c2ccc(F)cc2F)cc1. The van der Waals surface area contributed by atoms with E-state index in [-0.39, 0.29) is 17.9 Å². The van der Waals surface area contributed by atoms with Crippen LogP contribution in [0, 0.1) is 11.6 Å². The van der Waals surface area contributed by atoms with E-state index in [0.29, 0.717) is 17.3 Å². The molecule has 2 aromatic rings. The number of benzene rings is 2. The minimum Gasteiger partial charge on any atom is -0.394 e. The van der Waals surface area contributed by atoms with E-state index in [1.165, 1.54) is 6.07 Å². The number of carbonyl (C=O) groups excluding carboxylic acids is 2. The van der Waals surface area contributed by atoms with E-state index in [1.54, 1.807) is 24.3 Å². The van der Waals surface area contributed by atoms with Gasteiger partial charge in [0.05, 0.1) is 19.1 Å². The predicted molar refractivity (Wildman–Crippen MR) is 93.3 cm³/mol. The molecule has 7 heteroatoms. The Kier molecular flexibility index (Phi) is 6.57. The highest BCUT2D eigenvalue weighted by molar-refractivity contribution is 5.98. The molecule has 2 aromatic carbocycles. The number of amides is 2. The topological polar surface area (TPSA) is 78.4 Å². The zero-order valence-electron chi connectivity index (χ0n) is 13.8. The van der Waals surface area contributed by atoms with Gasteiger partial charge in [-0.1, -0.05) is 24.8 Å². The van der Waals surface area contributed by atoms with Gasteiger partial charge in [0, 0.05) is 17.3 Å². The summed E-state index contributed by atoms with van der Waals surface area (Å²) in [6.07, 6.45) is 1.14. The second kappa shape index (κ2) is 8.87. The summed E-state index contributed by atoms with van der Waals surface area (Å²) in [5, 5.41) is 14.5. The van der Waals surface area contributed by atoms with E-state index in [4.69, 9.17) is 0 Å². The fraction of sp³-hybridized carbons (Fsp3) is 0.158. The van der Waals surface area contributed by atoms with Crippen molar-refractivity contribution in [2.75, 3.05) is 11.9 Å². The van der Waals surface area contributed by atoms with Gasteiger partial charge in [-0.15, -0.1) is 0 Å². The number of rotatable bonds is 7. The van der Waals surface area contributed by atoms with Crippen molar-refractivity contribution >= 4 is 17.5 Å². The van der Waals surface area contributed by atoms with Crippen molar-refractivity contribution in [2.24, 2.45) is 0 Å². The second-order valence-electron chi connectivity index (χ2n) is 5.54. The van der Waals surface area contributed by atoms with Gasteiger partial charge in [0.25, 0.3) is 0 Å². The van der Waals surface area contributed by atoms with E-state index in [0.717, 1.165) is 12.1 Å². The third-order valence-electron chi connectivity index (χ3n) is 3.63. The standard InChI is InChI=1S/C19H18F2N2O3/c1-2-18(25)22-14-6-3-12(4-7-14)9-19(26)23-17(11-24)15-8-5-13(20)10-16(15)21/h2-8,10,17,24H,1,9,11H2,(H,22,25)(H,23,26). The van der Waals surface area contributed by atoms with Crippen LogP contribution in [0.2, 0.25) is 0 Å². The van der Waals surface area contributed by atoms with Crippen LogP contribution in [0.1, 0.15) is 17.2 Å². The molecule has 0 spiro atoms. The highest BCUT2D eigenvalue weighted by Crippen LogP contribution is 2.18. The van der Waals surface area contributed by atoms with Crippen molar-refractivity contribution in [3.8, 4) is 0 Å². The van der Waals surface area contributed by atoms with Crippen LogP contribution >= 0.6 is 0 Å². The summed E-state index contributed by atoms with van der Waals surface area (Å²) < 4.78 is 26.8. The lowest BCUT2D eigenvalue weighted by molar-refractivity contribution is -0.121. The zero-order valence-corrected chi connectivity index (χ0v) is 13.8. The quantitative estimate of drug-likeness (QED) is 0.664. The van der Waals surface area contributed by atoms with Crippen molar-refractivity contribution < 1.29 is 23.5 Å². The zero-order chi connectivity index (χ0) is 19.1. The normalized spacial score (nSPS) is 11.5. The Bertz CT molecular complexity index is 807. The Morgan fingerprint density at radius 1 is 1.15 bits per heavy atom. The average molecular weight is 360 g/mol. The summed E-state index contributed by atoms with van der Waals surface area (Å²) in [5.41, 5.74) is 1.22. The fourth-order valence-electron chi connectivity index (χ4n) is 2.34. The van der Waals surface area contributed by atoms with E-state index >= 15 is 0 Å². The van der Waals surface area contributed by atoms with Gasteiger partial charge in [0.1, 0.15) is 11.6 Å². The van der Waals surface area contributed by atoms with Crippen LogP contribution in [0.3, 0.4) is 0 Å². The Balaban J connectivity index is 2.00. The van der Waals surface area contributed by atoms with E-state index in [1.807, 2.05) is 0 Å². The van der Waals surface area contributed by atoms with Gasteiger partial charge in [0.2, 0.25) is 11.8 Å². The number of halogens is 2. The molecule has 0 aliphatic carbocycles. The molecule has 0 radical (unpaired) electrons. The van der Waals surface area contributed by atoms with Gasteiger partial charge in [-0.3, -0.25) is 9.59 Å². The Morgan fingerprint density at radius 2 is 1.85 bits per heavy atom. The lowest BCUT2D eigenvalue weighted by atomic mass is 10.1. The monoisotopic (exact) mass is 360 g/mol. The van der Waals surface area contributed by atoms with Gasteiger partial charge in [-0.2, -0.15) is 0 Å². The first-order valence-electron chi connectivity index (χ1n) is 7.80. The average Bonchev–Trinajstić information content (AvgIpc) is 2.61.